The van der Waals surface area contributed by atoms with E-state index >= 15 is 0 Å². The van der Waals surface area contributed by atoms with Crippen molar-refractivity contribution < 1.29 is 9.18 Å². The molecule has 2 aromatic carbocycles. The lowest BCUT2D eigenvalue weighted by atomic mass is 10.1. The summed E-state index contributed by atoms with van der Waals surface area (Å²) in [5.41, 5.74) is 7.35. The SMILES string of the molecule is NC(CNC(=O)c1ccc(F)cc1)c1ccccc1. The average Bonchev–Trinajstić information content (AvgIpc) is 2.46. The van der Waals surface area contributed by atoms with Crippen LogP contribution in [-0.2, 0) is 0 Å². The highest BCUT2D eigenvalue weighted by molar-refractivity contribution is 5.94. The number of carbonyl (C=O) groups excluding carboxylic acids is 1. The molecule has 0 fully saturated rings. The fourth-order valence-corrected chi connectivity index (χ4v) is 1.72. The van der Waals surface area contributed by atoms with Gasteiger partial charge in [0.1, 0.15) is 5.82 Å². The third-order valence-corrected chi connectivity index (χ3v) is 2.82. The van der Waals surface area contributed by atoms with Crippen molar-refractivity contribution in [3.05, 3.63) is 71.5 Å². The Kier molecular flexibility index (Phi) is 4.26. The average molecular weight is 258 g/mol. The van der Waals surface area contributed by atoms with Crippen LogP contribution in [0.2, 0.25) is 0 Å². The number of hydrogen-bond acceptors (Lipinski definition) is 2. The normalized spacial score (nSPS) is 11.9. The largest absolute Gasteiger partial charge is 0.350 e. The molecular weight excluding hydrogens is 243 g/mol. The summed E-state index contributed by atoms with van der Waals surface area (Å²) < 4.78 is 12.7. The Hall–Kier alpha value is -2.20. The second kappa shape index (κ2) is 6.11. The van der Waals surface area contributed by atoms with Gasteiger partial charge in [-0.05, 0) is 29.8 Å². The van der Waals surface area contributed by atoms with E-state index in [4.69, 9.17) is 5.73 Å². The Bertz CT molecular complexity index is 540. The Morgan fingerprint density at radius 1 is 1.11 bits per heavy atom. The number of rotatable bonds is 4. The quantitative estimate of drug-likeness (QED) is 0.883. The van der Waals surface area contributed by atoms with Crippen molar-refractivity contribution in [3.63, 3.8) is 0 Å². The summed E-state index contributed by atoms with van der Waals surface area (Å²) in [6.45, 7) is 0.334. The number of nitrogens with two attached hydrogens (primary N) is 1. The molecule has 1 atom stereocenters. The number of hydrogen-bond donors (Lipinski definition) is 2. The van der Waals surface area contributed by atoms with E-state index in [1.54, 1.807) is 0 Å². The van der Waals surface area contributed by atoms with Crippen LogP contribution in [0.15, 0.2) is 54.6 Å². The van der Waals surface area contributed by atoms with Gasteiger partial charge < -0.3 is 11.1 Å². The predicted molar refractivity (Wildman–Crippen MR) is 72.1 cm³/mol. The number of nitrogens with one attached hydrogen (secondary N) is 1. The monoisotopic (exact) mass is 258 g/mol. The molecule has 98 valence electrons. The number of halogens is 1. The van der Waals surface area contributed by atoms with E-state index in [-0.39, 0.29) is 17.8 Å². The van der Waals surface area contributed by atoms with Crippen molar-refractivity contribution in [1.29, 1.82) is 0 Å². The van der Waals surface area contributed by atoms with Crippen LogP contribution < -0.4 is 11.1 Å². The summed E-state index contributed by atoms with van der Waals surface area (Å²) >= 11 is 0. The Labute approximate surface area is 111 Å². The van der Waals surface area contributed by atoms with Gasteiger partial charge in [0, 0.05) is 18.2 Å². The summed E-state index contributed by atoms with van der Waals surface area (Å²) in [6.07, 6.45) is 0. The van der Waals surface area contributed by atoms with Gasteiger partial charge in [-0.2, -0.15) is 0 Å². The van der Waals surface area contributed by atoms with Crippen molar-refractivity contribution in [2.75, 3.05) is 6.54 Å². The van der Waals surface area contributed by atoms with Crippen LogP contribution in [0.5, 0.6) is 0 Å². The van der Waals surface area contributed by atoms with E-state index in [1.807, 2.05) is 30.3 Å². The Morgan fingerprint density at radius 2 is 1.74 bits per heavy atom. The molecule has 0 aliphatic heterocycles. The van der Waals surface area contributed by atoms with Gasteiger partial charge in [-0.3, -0.25) is 4.79 Å². The zero-order valence-electron chi connectivity index (χ0n) is 10.3. The van der Waals surface area contributed by atoms with Gasteiger partial charge in [0.25, 0.3) is 5.91 Å². The first-order valence-electron chi connectivity index (χ1n) is 6.01. The van der Waals surface area contributed by atoms with Crippen LogP contribution in [0.25, 0.3) is 0 Å². The molecule has 1 amide bonds. The lowest BCUT2D eigenvalue weighted by molar-refractivity contribution is 0.0951. The van der Waals surface area contributed by atoms with E-state index in [0.717, 1.165) is 5.56 Å². The second-order valence-corrected chi connectivity index (χ2v) is 4.23. The minimum Gasteiger partial charge on any atom is -0.350 e. The molecular formula is C15H15FN2O. The van der Waals surface area contributed by atoms with Crippen LogP contribution >= 0.6 is 0 Å². The topological polar surface area (TPSA) is 55.1 Å². The summed E-state index contributed by atoms with van der Waals surface area (Å²) in [5, 5.41) is 2.73. The second-order valence-electron chi connectivity index (χ2n) is 4.23. The molecule has 19 heavy (non-hydrogen) atoms. The smallest absolute Gasteiger partial charge is 0.251 e. The minimum absolute atomic E-state index is 0.258. The molecule has 0 spiro atoms. The first-order valence-corrected chi connectivity index (χ1v) is 6.01. The Balaban J connectivity index is 1.92. The van der Waals surface area contributed by atoms with Gasteiger partial charge in [0.05, 0.1) is 0 Å². The predicted octanol–water partition coefficient (Wildman–Crippen LogP) is 2.26. The van der Waals surface area contributed by atoms with E-state index < -0.39 is 0 Å². The third-order valence-electron chi connectivity index (χ3n) is 2.82. The van der Waals surface area contributed by atoms with Crippen LogP contribution in [0, 0.1) is 5.82 Å². The van der Waals surface area contributed by atoms with Gasteiger partial charge >= 0.3 is 0 Å². The molecule has 0 aromatic heterocycles. The molecule has 0 aliphatic rings. The molecule has 0 aliphatic carbocycles. The van der Waals surface area contributed by atoms with Crippen molar-refractivity contribution in [2.45, 2.75) is 6.04 Å². The van der Waals surface area contributed by atoms with Gasteiger partial charge in [0.2, 0.25) is 0 Å². The molecule has 3 nitrogen and oxygen atoms in total. The molecule has 0 heterocycles. The summed E-state index contributed by atoms with van der Waals surface area (Å²) in [7, 11) is 0. The fraction of sp³-hybridized carbons (Fsp3) is 0.133. The van der Waals surface area contributed by atoms with Crippen LogP contribution in [0.3, 0.4) is 0 Å². The van der Waals surface area contributed by atoms with Crippen molar-refractivity contribution in [2.24, 2.45) is 5.73 Å². The standard InChI is InChI=1S/C15H15FN2O/c16-13-8-6-12(7-9-13)15(19)18-10-14(17)11-4-2-1-3-5-11/h1-9,14H,10,17H2,(H,18,19). The van der Waals surface area contributed by atoms with Crippen LogP contribution in [0.4, 0.5) is 4.39 Å². The molecule has 2 aromatic rings. The third kappa shape index (κ3) is 3.63. The lowest BCUT2D eigenvalue weighted by Crippen LogP contribution is -2.31. The molecule has 4 heteroatoms. The van der Waals surface area contributed by atoms with E-state index in [9.17, 15) is 9.18 Å². The molecule has 0 saturated carbocycles. The zero-order valence-corrected chi connectivity index (χ0v) is 10.3. The number of carbonyl (C=O) groups is 1. The zero-order chi connectivity index (χ0) is 13.7. The molecule has 0 bridgehead atoms. The highest BCUT2D eigenvalue weighted by atomic mass is 19.1. The molecule has 0 saturated heterocycles. The van der Waals surface area contributed by atoms with E-state index in [0.29, 0.717) is 12.1 Å². The maximum atomic E-state index is 12.7. The van der Waals surface area contributed by atoms with Crippen molar-refractivity contribution in [3.8, 4) is 0 Å². The van der Waals surface area contributed by atoms with Crippen LogP contribution in [-0.4, -0.2) is 12.5 Å². The highest BCUT2D eigenvalue weighted by Gasteiger charge is 2.09. The minimum atomic E-state index is -0.363. The molecule has 3 N–H and O–H groups in total. The van der Waals surface area contributed by atoms with Gasteiger partial charge in [0.15, 0.2) is 0 Å². The maximum absolute atomic E-state index is 12.7. The van der Waals surface area contributed by atoms with Gasteiger partial charge in [-0.25, -0.2) is 4.39 Å². The Morgan fingerprint density at radius 3 is 2.37 bits per heavy atom. The highest BCUT2D eigenvalue weighted by Crippen LogP contribution is 2.08. The van der Waals surface area contributed by atoms with Gasteiger partial charge in [-0.15, -0.1) is 0 Å². The van der Waals surface area contributed by atoms with Crippen LogP contribution in [0.1, 0.15) is 22.0 Å². The first-order chi connectivity index (χ1) is 9.16. The van der Waals surface area contributed by atoms with Crippen molar-refractivity contribution >= 4 is 5.91 Å². The molecule has 0 radical (unpaired) electrons. The van der Waals surface area contributed by atoms with Gasteiger partial charge in [-0.1, -0.05) is 30.3 Å². The maximum Gasteiger partial charge on any atom is 0.251 e. The molecule has 1 unspecified atom stereocenters. The summed E-state index contributed by atoms with van der Waals surface area (Å²) in [6, 6.07) is 14.7. The molecule has 2 rings (SSSR count). The number of benzene rings is 2. The first kappa shape index (κ1) is 13.2. The summed E-state index contributed by atoms with van der Waals surface area (Å²) in [5.74, 6) is -0.621. The van der Waals surface area contributed by atoms with E-state index in [1.165, 1.54) is 24.3 Å². The summed E-state index contributed by atoms with van der Waals surface area (Å²) in [4.78, 5) is 11.8. The fourth-order valence-electron chi connectivity index (χ4n) is 1.72. The van der Waals surface area contributed by atoms with E-state index in [2.05, 4.69) is 5.32 Å². The van der Waals surface area contributed by atoms with Crippen molar-refractivity contribution in [1.82, 2.24) is 5.32 Å². The number of amides is 1. The lowest BCUT2D eigenvalue weighted by Gasteiger charge is -2.13.